The summed E-state index contributed by atoms with van der Waals surface area (Å²) in [5.74, 6) is 1.81. The summed E-state index contributed by atoms with van der Waals surface area (Å²) in [6.07, 6.45) is 6.86. The third-order valence-electron chi connectivity index (χ3n) is 5.03. The first-order valence-corrected chi connectivity index (χ1v) is 8.75. The number of hydrogen-bond donors (Lipinski definition) is 0. The monoisotopic (exact) mass is 304 g/mol. The molecule has 0 radical (unpaired) electrons. The minimum atomic E-state index is 0.607. The zero-order valence-corrected chi connectivity index (χ0v) is 13.9. The van der Waals surface area contributed by atoms with E-state index in [2.05, 4.69) is 38.7 Å². The van der Waals surface area contributed by atoms with Crippen LogP contribution in [0.25, 0.3) is 0 Å². The summed E-state index contributed by atoms with van der Waals surface area (Å²) >= 11 is 0. The average molecular weight is 304 g/mol. The highest BCUT2D eigenvalue weighted by atomic mass is 15.4. The maximum atomic E-state index is 4.83. The van der Waals surface area contributed by atoms with Gasteiger partial charge in [0, 0.05) is 38.8 Å². The average Bonchev–Trinajstić information content (AvgIpc) is 2.62. The lowest BCUT2D eigenvalue weighted by molar-refractivity contribution is 0.269. The number of hydrogen-bond acceptors (Lipinski definition) is 6. The van der Waals surface area contributed by atoms with Crippen LogP contribution in [-0.2, 0) is 0 Å². The first kappa shape index (κ1) is 15.5. The fourth-order valence-electron chi connectivity index (χ4n) is 3.55. The van der Waals surface area contributed by atoms with Crippen LogP contribution in [0.15, 0.2) is 6.20 Å². The molecule has 0 bridgehead atoms. The topological polar surface area (TPSA) is 48.4 Å². The SMILES string of the molecule is CCC1CCCCN1c1cnnc(N2CCN(CC)CC2)n1. The van der Waals surface area contributed by atoms with Crippen molar-refractivity contribution in [1.82, 2.24) is 20.1 Å². The largest absolute Gasteiger partial charge is 0.352 e. The van der Waals surface area contributed by atoms with E-state index in [0.717, 1.165) is 51.0 Å². The number of piperazine rings is 1. The Kier molecular flexibility index (Phi) is 5.08. The van der Waals surface area contributed by atoms with E-state index in [0.29, 0.717) is 6.04 Å². The molecule has 2 saturated heterocycles. The van der Waals surface area contributed by atoms with Gasteiger partial charge in [-0.3, -0.25) is 0 Å². The molecule has 122 valence electrons. The smallest absolute Gasteiger partial charge is 0.247 e. The minimum absolute atomic E-state index is 0.607. The lowest BCUT2D eigenvalue weighted by Gasteiger charge is -2.37. The molecule has 3 heterocycles. The second-order valence-electron chi connectivity index (χ2n) is 6.29. The van der Waals surface area contributed by atoms with Crippen molar-refractivity contribution in [2.75, 3.05) is 49.1 Å². The van der Waals surface area contributed by atoms with Gasteiger partial charge in [-0.2, -0.15) is 10.1 Å². The summed E-state index contributed by atoms with van der Waals surface area (Å²) in [4.78, 5) is 12.0. The maximum Gasteiger partial charge on any atom is 0.247 e. The van der Waals surface area contributed by atoms with Crippen LogP contribution in [0, 0.1) is 0 Å². The van der Waals surface area contributed by atoms with Crippen LogP contribution in [0.2, 0.25) is 0 Å². The molecule has 1 atom stereocenters. The molecule has 1 aromatic heterocycles. The Morgan fingerprint density at radius 3 is 2.64 bits per heavy atom. The van der Waals surface area contributed by atoms with Gasteiger partial charge in [0.15, 0.2) is 5.82 Å². The van der Waals surface area contributed by atoms with Crippen LogP contribution in [0.4, 0.5) is 11.8 Å². The molecule has 0 spiro atoms. The number of rotatable bonds is 4. The normalized spacial score (nSPS) is 23.8. The van der Waals surface area contributed by atoms with Crippen molar-refractivity contribution in [2.45, 2.75) is 45.6 Å². The lowest BCUT2D eigenvalue weighted by atomic mass is 10.0. The standard InChI is InChI=1S/C16H28N6/c1-3-14-7-5-6-8-22(14)15-13-17-19-16(18-15)21-11-9-20(4-2)10-12-21/h13-14H,3-12H2,1-2H3. The van der Waals surface area contributed by atoms with E-state index in [4.69, 9.17) is 4.98 Å². The van der Waals surface area contributed by atoms with Crippen molar-refractivity contribution in [2.24, 2.45) is 0 Å². The summed E-state index contributed by atoms with van der Waals surface area (Å²) in [5, 5.41) is 8.51. The Bertz CT molecular complexity index is 471. The van der Waals surface area contributed by atoms with Crippen LogP contribution in [0.5, 0.6) is 0 Å². The molecule has 2 aliphatic heterocycles. The first-order chi connectivity index (χ1) is 10.8. The maximum absolute atomic E-state index is 4.83. The van der Waals surface area contributed by atoms with Crippen molar-refractivity contribution in [1.29, 1.82) is 0 Å². The van der Waals surface area contributed by atoms with Crippen molar-refractivity contribution >= 4 is 11.8 Å². The minimum Gasteiger partial charge on any atom is -0.352 e. The zero-order chi connectivity index (χ0) is 15.4. The zero-order valence-electron chi connectivity index (χ0n) is 13.9. The molecule has 2 fully saturated rings. The van der Waals surface area contributed by atoms with Crippen LogP contribution in [-0.4, -0.2) is 65.4 Å². The molecule has 0 amide bonds. The van der Waals surface area contributed by atoms with Crippen LogP contribution < -0.4 is 9.80 Å². The Labute approximate surface area is 133 Å². The fourth-order valence-corrected chi connectivity index (χ4v) is 3.55. The third-order valence-corrected chi connectivity index (χ3v) is 5.03. The molecule has 22 heavy (non-hydrogen) atoms. The second-order valence-corrected chi connectivity index (χ2v) is 6.29. The van der Waals surface area contributed by atoms with Gasteiger partial charge >= 0.3 is 0 Å². The molecule has 1 aromatic rings. The van der Waals surface area contributed by atoms with Gasteiger partial charge in [0.25, 0.3) is 0 Å². The van der Waals surface area contributed by atoms with E-state index in [1.807, 2.05) is 6.20 Å². The molecular formula is C16H28N6. The number of piperidine rings is 1. The predicted molar refractivity (Wildman–Crippen MR) is 89.4 cm³/mol. The molecular weight excluding hydrogens is 276 g/mol. The number of likely N-dealkylation sites (N-methyl/N-ethyl adjacent to an activating group) is 1. The number of anilines is 2. The molecule has 0 aromatic carbocycles. The molecule has 0 saturated carbocycles. The van der Waals surface area contributed by atoms with Gasteiger partial charge in [0.2, 0.25) is 5.95 Å². The summed E-state index contributed by atoms with van der Waals surface area (Å²) in [5.41, 5.74) is 0. The Hall–Kier alpha value is -1.43. The highest BCUT2D eigenvalue weighted by molar-refractivity contribution is 5.43. The summed E-state index contributed by atoms with van der Waals surface area (Å²) in [6, 6.07) is 0.607. The molecule has 2 aliphatic rings. The molecule has 0 aliphatic carbocycles. The van der Waals surface area contributed by atoms with Gasteiger partial charge in [-0.1, -0.05) is 13.8 Å². The summed E-state index contributed by atoms with van der Waals surface area (Å²) < 4.78 is 0. The number of nitrogens with zero attached hydrogens (tertiary/aromatic N) is 6. The van der Waals surface area contributed by atoms with E-state index in [1.54, 1.807) is 0 Å². The first-order valence-electron chi connectivity index (χ1n) is 8.75. The lowest BCUT2D eigenvalue weighted by Crippen LogP contribution is -2.47. The molecule has 0 N–H and O–H groups in total. The van der Waals surface area contributed by atoms with Crippen molar-refractivity contribution in [3.8, 4) is 0 Å². The van der Waals surface area contributed by atoms with Crippen LogP contribution >= 0.6 is 0 Å². The molecule has 3 rings (SSSR count). The quantitative estimate of drug-likeness (QED) is 0.845. The molecule has 1 unspecified atom stereocenters. The van der Waals surface area contributed by atoms with Gasteiger partial charge in [-0.05, 0) is 32.2 Å². The van der Waals surface area contributed by atoms with Crippen molar-refractivity contribution in [3.05, 3.63) is 6.20 Å². The fraction of sp³-hybridized carbons (Fsp3) is 0.812. The Morgan fingerprint density at radius 2 is 1.91 bits per heavy atom. The van der Waals surface area contributed by atoms with Gasteiger partial charge in [0.1, 0.15) is 0 Å². The highest BCUT2D eigenvalue weighted by Gasteiger charge is 2.24. The van der Waals surface area contributed by atoms with Crippen LogP contribution in [0.1, 0.15) is 39.5 Å². The van der Waals surface area contributed by atoms with E-state index < -0.39 is 0 Å². The third kappa shape index (κ3) is 3.32. The van der Waals surface area contributed by atoms with Gasteiger partial charge in [0.05, 0.1) is 6.20 Å². The van der Waals surface area contributed by atoms with Crippen molar-refractivity contribution in [3.63, 3.8) is 0 Å². The van der Waals surface area contributed by atoms with E-state index in [-0.39, 0.29) is 0 Å². The number of aromatic nitrogens is 3. The van der Waals surface area contributed by atoms with Crippen molar-refractivity contribution < 1.29 is 0 Å². The van der Waals surface area contributed by atoms with Gasteiger partial charge in [-0.25, -0.2) is 0 Å². The summed E-state index contributed by atoms with van der Waals surface area (Å²) in [6.45, 7) is 10.9. The Morgan fingerprint density at radius 1 is 1.09 bits per heavy atom. The molecule has 6 heteroatoms. The predicted octanol–water partition coefficient (Wildman–Crippen LogP) is 1.78. The van der Waals surface area contributed by atoms with Gasteiger partial charge in [-0.15, -0.1) is 5.10 Å². The van der Waals surface area contributed by atoms with E-state index in [1.165, 1.54) is 25.7 Å². The van der Waals surface area contributed by atoms with E-state index >= 15 is 0 Å². The molecule has 6 nitrogen and oxygen atoms in total. The van der Waals surface area contributed by atoms with Crippen LogP contribution in [0.3, 0.4) is 0 Å². The highest BCUT2D eigenvalue weighted by Crippen LogP contribution is 2.25. The van der Waals surface area contributed by atoms with Gasteiger partial charge < -0.3 is 14.7 Å². The van der Waals surface area contributed by atoms with E-state index in [9.17, 15) is 0 Å². The summed E-state index contributed by atoms with van der Waals surface area (Å²) in [7, 11) is 0. The Balaban J connectivity index is 1.72. The second kappa shape index (κ2) is 7.22.